The quantitative estimate of drug-likeness (QED) is 0.284. The zero-order valence-corrected chi connectivity index (χ0v) is 20.8. The van der Waals surface area contributed by atoms with Gasteiger partial charge in [-0.25, -0.2) is 14.4 Å². The number of carboxylic acids is 3. The van der Waals surface area contributed by atoms with Crippen molar-refractivity contribution in [1.82, 2.24) is 0 Å². The molecule has 0 aliphatic heterocycles. The van der Waals surface area contributed by atoms with Gasteiger partial charge in [0.1, 0.15) is 0 Å². The predicted octanol–water partition coefficient (Wildman–Crippen LogP) is 5.81. The molecule has 3 aromatic carbocycles. The number of hydrogen-bond acceptors (Lipinski definition) is 5. The third-order valence-corrected chi connectivity index (χ3v) is 5.72. The van der Waals surface area contributed by atoms with E-state index in [2.05, 4.69) is 0 Å². The molecule has 0 atom stereocenters. The third kappa shape index (κ3) is 8.47. The van der Waals surface area contributed by atoms with Gasteiger partial charge in [0.25, 0.3) is 0 Å². The van der Waals surface area contributed by atoms with Crippen LogP contribution in [-0.2, 0) is 0 Å². The molecule has 0 aromatic heterocycles. The van der Waals surface area contributed by atoms with Crippen LogP contribution < -0.4 is 11.5 Å². The summed E-state index contributed by atoms with van der Waals surface area (Å²) in [7, 11) is 0. The number of carbonyl (C=O) groups is 3. The monoisotopic (exact) mass is 496 g/mol. The number of carboxylic acid groups (broad SMARTS) is 3. The minimum Gasteiger partial charge on any atom is -0.478 e. The van der Waals surface area contributed by atoms with Crippen LogP contribution in [0.3, 0.4) is 0 Å². The Balaban J connectivity index is 0.000000504. The van der Waals surface area contributed by atoms with E-state index in [4.69, 9.17) is 26.8 Å². The van der Waals surface area contributed by atoms with Gasteiger partial charge >= 0.3 is 17.9 Å². The molecule has 8 nitrogen and oxygen atoms in total. The number of aryl methyl sites for hydroxylation is 4. The maximum atomic E-state index is 10.6. The molecule has 0 saturated heterocycles. The number of nitrogen functional groups attached to an aromatic ring is 2. The van der Waals surface area contributed by atoms with Crippen molar-refractivity contribution < 1.29 is 29.7 Å². The van der Waals surface area contributed by atoms with Crippen molar-refractivity contribution in [2.75, 3.05) is 11.5 Å². The molecule has 0 unspecified atom stereocenters. The third-order valence-electron chi connectivity index (χ3n) is 5.72. The highest BCUT2D eigenvalue weighted by Crippen LogP contribution is 2.20. The Labute approximate surface area is 212 Å². The second-order valence-corrected chi connectivity index (χ2v) is 8.19. The molecule has 0 aliphatic rings. The first-order chi connectivity index (χ1) is 16.2. The highest BCUT2D eigenvalue weighted by atomic mass is 16.4. The molecule has 194 valence electrons. The van der Waals surface area contributed by atoms with Crippen molar-refractivity contribution in [3.8, 4) is 0 Å². The van der Waals surface area contributed by atoms with Gasteiger partial charge in [-0.1, -0.05) is 19.6 Å². The van der Waals surface area contributed by atoms with Crippen LogP contribution in [0.25, 0.3) is 0 Å². The number of hydrogen-bond donors (Lipinski definition) is 5. The predicted molar refractivity (Wildman–Crippen MR) is 144 cm³/mol. The molecule has 0 amide bonds. The number of aromatic carboxylic acids is 3. The first kappa shape index (κ1) is 31.7. The smallest absolute Gasteiger partial charge is 0.337 e. The summed E-state index contributed by atoms with van der Waals surface area (Å²) < 4.78 is 0. The van der Waals surface area contributed by atoms with Crippen LogP contribution >= 0.6 is 0 Å². The zero-order valence-electron chi connectivity index (χ0n) is 20.8. The van der Waals surface area contributed by atoms with E-state index in [9.17, 15) is 14.4 Å². The molecule has 3 rings (SSSR count). The Bertz CT molecular complexity index is 1240. The van der Waals surface area contributed by atoms with Crippen molar-refractivity contribution in [1.29, 1.82) is 0 Å². The maximum Gasteiger partial charge on any atom is 0.337 e. The molecule has 7 N–H and O–H groups in total. The number of nitrogens with two attached hydrogens (primary N) is 2. The summed E-state index contributed by atoms with van der Waals surface area (Å²) in [5.74, 6) is -2.78. The fraction of sp³-hybridized carbons (Fsp3) is 0.250. The van der Waals surface area contributed by atoms with E-state index in [0.717, 1.165) is 33.4 Å². The largest absolute Gasteiger partial charge is 0.478 e. The van der Waals surface area contributed by atoms with E-state index >= 15 is 0 Å². The van der Waals surface area contributed by atoms with Crippen molar-refractivity contribution in [3.05, 3.63) is 92.5 Å². The van der Waals surface area contributed by atoms with Crippen LogP contribution in [0, 0.1) is 41.5 Å². The van der Waals surface area contributed by atoms with E-state index in [1.807, 2.05) is 47.6 Å². The first-order valence-corrected chi connectivity index (χ1v) is 10.7. The van der Waals surface area contributed by atoms with Gasteiger partial charge in [0, 0.05) is 11.4 Å². The van der Waals surface area contributed by atoms with Gasteiger partial charge in [-0.15, -0.1) is 0 Å². The van der Waals surface area contributed by atoms with Crippen LogP contribution in [0.4, 0.5) is 11.4 Å². The van der Waals surface area contributed by atoms with E-state index in [-0.39, 0.29) is 18.6 Å². The number of anilines is 2. The SMILES string of the molecule is C.Cc1cc(C(=O)O)cc(N)c1C.Cc1ccc(C(=O)O)c(N)c1C.Cc1ccc(C(=O)O)cc1C. The van der Waals surface area contributed by atoms with Gasteiger partial charge in [-0.2, -0.15) is 0 Å². The molecule has 0 radical (unpaired) electrons. The standard InChI is InChI=1S/2C9H11NO2.C9H10O2.CH4/c1-5-3-7(9(11)12)4-8(10)6(5)2;1-5-3-4-7(9(11)12)8(10)6(5)2;1-6-3-4-8(9(10)11)5-7(6)2;/h2*3-4H,10H2,1-2H3,(H,11,12);3-5H,1-2H3,(H,10,11);1H4. The Morgan fingerprint density at radius 2 is 1.08 bits per heavy atom. The summed E-state index contributed by atoms with van der Waals surface area (Å²) in [4.78, 5) is 31.6. The molecule has 36 heavy (non-hydrogen) atoms. The molecule has 0 saturated carbocycles. The Hall–Kier alpha value is -4.33. The van der Waals surface area contributed by atoms with E-state index in [0.29, 0.717) is 16.9 Å². The van der Waals surface area contributed by atoms with Crippen LogP contribution in [-0.4, -0.2) is 33.2 Å². The van der Waals surface area contributed by atoms with Gasteiger partial charge in [-0.3, -0.25) is 0 Å². The maximum absolute atomic E-state index is 10.6. The minimum absolute atomic E-state index is 0. The summed E-state index contributed by atoms with van der Waals surface area (Å²) in [6, 6.07) is 11.5. The van der Waals surface area contributed by atoms with E-state index in [1.54, 1.807) is 24.3 Å². The van der Waals surface area contributed by atoms with Gasteiger partial charge in [-0.05, 0) is 105 Å². The number of rotatable bonds is 3. The molecule has 0 heterocycles. The van der Waals surface area contributed by atoms with Gasteiger partial charge in [0.2, 0.25) is 0 Å². The average molecular weight is 497 g/mol. The summed E-state index contributed by atoms with van der Waals surface area (Å²) in [6.07, 6.45) is 0. The lowest BCUT2D eigenvalue weighted by Crippen LogP contribution is -2.04. The van der Waals surface area contributed by atoms with Crippen LogP contribution in [0.1, 0.15) is 71.9 Å². The van der Waals surface area contributed by atoms with Crippen molar-refractivity contribution in [2.24, 2.45) is 0 Å². The molecule has 0 fully saturated rings. The number of benzene rings is 3. The van der Waals surface area contributed by atoms with Gasteiger partial charge in [0.05, 0.1) is 16.7 Å². The van der Waals surface area contributed by atoms with Gasteiger partial charge in [0.15, 0.2) is 0 Å². The molecule has 3 aromatic rings. The van der Waals surface area contributed by atoms with E-state index in [1.165, 1.54) is 12.1 Å². The zero-order chi connectivity index (χ0) is 27.0. The average Bonchev–Trinajstić information content (AvgIpc) is 2.77. The lowest BCUT2D eigenvalue weighted by molar-refractivity contribution is 0.0686. The normalized spacial score (nSPS) is 9.50. The summed E-state index contributed by atoms with van der Waals surface area (Å²) >= 11 is 0. The van der Waals surface area contributed by atoms with Crippen molar-refractivity contribution in [3.63, 3.8) is 0 Å². The molecule has 0 spiro atoms. The van der Waals surface area contributed by atoms with Crippen LogP contribution in [0.5, 0.6) is 0 Å². The van der Waals surface area contributed by atoms with Crippen molar-refractivity contribution in [2.45, 2.75) is 49.0 Å². The highest BCUT2D eigenvalue weighted by Gasteiger charge is 2.10. The Morgan fingerprint density at radius 3 is 1.53 bits per heavy atom. The second-order valence-electron chi connectivity index (χ2n) is 8.19. The van der Waals surface area contributed by atoms with E-state index < -0.39 is 17.9 Å². The Kier molecular flexibility index (Phi) is 11.9. The first-order valence-electron chi connectivity index (χ1n) is 10.7. The molecular weight excluding hydrogens is 460 g/mol. The molecule has 8 heteroatoms. The van der Waals surface area contributed by atoms with Gasteiger partial charge < -0.3 is 26.8 Å². The summed E-state index contributed by atoms with van der Waals surface area (Å²) in [6.45, 7) is 11.3. The Morgan fingerprint density at radius 1 is 0.583 bits per heavy atom. The summed E-state index contributed by atoms with van der Waals surface area (Å²) in [5, 5.41) is 26.0. The fourth-order valence-electron chi connectivity index (χ4n) is 2.91. The van der Waals surface area contributed by atoms with Crippen LogP contribution in [0.15, 0.2) is 42.5 Å². The van der Waals surface area contributed by atoms with Crippen LogP contribution in [0.2, 0.25) is 0 Å². The van der Waals surface area contributed by atoms with Crippen molar-refractivity contribution >= 4 is 29.3 Å². The topological polar surface area (TPSA) is 164 Å². The second kappa shape index (κ2) is 13.5. The highest BCUT2D eigenvalue weighted by molar-refractivity contribution is 5.94. The fourth-order valence-corrected chi connectivity index (χ4v) is 2.91. The minimum atomic E-state index is -0.976. The lowest BCUT2D eigenvalue weighted by Gasteiger charge is -2.06. The molecular formula is C28H36N2O6. The lowest BCUT2D eigenvalue weighted by atomic mass is 10.0. The molecule has 0 aliphatic carbocycles. The summed E-state index contributed by atoms with van der Waals surface area (Å²) in [5.41, 5.74) is 18.7. The molecule has 0 bridgehead atoms.